The number of allylic oxidation sites excluding steroid dienone is 1. The van der Waals surface area contributed by atoms with E-state index >= 15 is 0 Å². The highest BCUT2D eigenvalue weighted by atomic mass is 35.5. The summed E-state index contributed by atoms with van der Waals surface area (Å²) in [6.07, 6.45) is 6.22. The Morgan fingerprint density at radius 3 is 2.72 bits per heavy atom. The van der Waals surface area contributed by atoms with E-state index in [9.17, 15) is 0 Å². The third kappa shape index (κ3) is 3.85. The molecule has 0 radical (unpaired) electrons. The van der Waals surface area contributed by atoms with E-state index < -0.39 is 0 Å². The number of nitrogens with one attached hydrogen (secondary N) is 2. The number of piperidine rings is 1. The molecule has 0 spiro atoms. The maximum absolute atomic E-state index is 6.71. The van der Waals surface area contributed by atoms with Crippen molar-refractivity contribution < 1.29 is 4.74 Å². The van der Waals surface area contributed by atoms with Crippen molar-refractivity contribution in [3.05, 3.63) is 65.5 Å². The summed E-state index contributed by atoms with van der Waals surface area (Å²) in [5.74, 6) is 0.824. The Hall–Kier alpha value is -2.96. The molecule has 7 heteroatoms. The summed E-state index contributed by atoms with van der Waals surface area (Å²) in [4.78, 5) is 12.6. The number of rotatable bonds is 5. The molecule has 2 aliphatic heterocycles. The molecule has 2 N–H and O–H groups in total. The highest BCUT2D eigenvalue weighted by molar-refractivity contribution is 6.47. The third-order valence-electron chi connectivity index (χ3n) is 6.46. The number of methoxy groups -OCH3 is 1. The summed E-state index contributed by atoms with van der Waals surface area (Å²) in [5.41, 5.74) is 5.06. The van der Waals surface area contributed by atoms with Crippen molar-refractivity contribution in [1.82, 2.24) is 10.3 Å². The third-order valence-corrected chi connectivity index (χ3v) is 6.74. The number of para-hydroxylation sites is 1. The molecule has 3 aromatic rings. The molecule has 32 heavy (non-hydrogen) atoms. The first kappa shape index (κ1) is 20.9. The Labute approximate surface area is 193 Å². The topological polar surface area (TPSA) is 55.9 Å². The number of nitrogens with zero attached hydrogens (tertiary/aromatic N) is 3. The van der Waals surface area contributed by atoms with Gasteiger partial charge in [-0.1, -0.05) is 29.8 Å². The van der Waals surface area contributed by atoms with Crippen molar-refractivity contribution in [1.29, 1.82) is 0 Å². The number of hydrogen-bond donors (Lipinski definition) is 2. The predicted octanol–water partition coefficient (Wildman–Crippen LogP) is 4.71. The first-order valence-electron chi connectivity index (χ1n) is 11.0. The van der Waals surface area contributed by atoms with Gasteiger partial charge in [0.15, 0.2) is 0 Å². The monoisotopic (exact) mass is 449 g/mol. The van der Waals surface area contributed by atoms with Crippen molar-refractivity contribution in [3.8, 4) is 5.75 Å². The number of fused-ring (bicyclic) bond motifs is 1. The van der Waals surface area contributed by atoms with Crippen molar-refractivity contribution in [2.75, 3.05) is 43.7 Å². The number of H-pyrrole nitrogens is 1. The lowest BCUT2D eigenvalue weighted by atomic mass is 10.0. The van der Waals surface area contributed by atoms with Gasteiger partial charge in [-0.15, -0.1) is 0 Å². The number of anilines is 2. The first-order valence-corrected chi connectivity index (χ1v) is 11.4. The van der Waals surface area contributed by atoms with Crippen LogP contribution in [0.15, 0.2) is 64.9 Å². The van der Waals surface area contributed by atoms with E-state index in [4.69, 9.17) is 21.3 Å². The van der Waals surface area contributed by atoms with E-state index in [1.807, 2.05) is 36.5 Å². The quantitative estimate of drug-likeness (QED) is 0.592. The first-order chi connectivity index (χ1) is 15.7. The van der Waals surface area contributed by atoms with Crippen molar-refractivity contribution in [2.45, 2.75) is 18.9 Å². The van der Waals surface area contributed by atoms with Gasteiger partial charge in [0.2, 0.25) is 0 Å². The summed E-state index contributed by atoms with van der Waals surface area (Å²) in [7, 11) is 3.76. The second-order valence-corrected chi connectivity index (χ2v) is 8.66. The van der Waals surface area contributed by atoms with Gasteiger partial charge in [0, 0.05) is 59.7 Å². The number of hydrogen-bond acceptors (Lipinski definition) is 5. The van der Waals surface area contributed by atoms with Crippen molar-refractivity contribution in [2.24, 2.45) is 4.99 Å². The minimum atomic E-state index is 0.480. The zero-order chi connectivity index (χ0) is 22.1. The number of aromatic amines is 1. The summed E-state index contributed by atoms with van der Waals surface area (Å²) in [6, 6.07) is 15.2. The van der Waals surface area contributed by atoms with Crippen LogP contribution in [-0.2, 0) is 0 Å². The largest absolute Gasteiger partial charge is 0.494 e. The van der Waals surface area contributed by atoms with E-state index in [-0.39, 0.29) is 0 Å². The van der Waals surface area contributed by atoms with Crippen LogP contribution in [-0.4, -0.2) is 50.7 Å². The number of aliphatic imine (C=N–C) groups is 1. The predicted molar refractivity (Wildman–Crippen MR) is 133 cm³/mol. The molecular formula is C25H28ClN5O. The fraction of sp³-hybridized carbons (Fsp3) is 0.320. The van der Waals surface area contributed by atoms with E-state index in [1.54, 1.807) is 7.11 Å². The number of aromatic nitrogens is 1. The van der Waals surface area contributed by atoms with Crippen LogP contribution in [0.3, 0.4) is 0 Å². The van der Waals surface area contributed by atoms with Gasteiger partial charge in [0.25, 0.3) is 0 Å². The van der Waals surface area contributed by atoms with Gasteiger partial charge in [-0.05, 0) is 38.1 Å². The van der Waals surface area contributed by atoms with Crippen molar-refractivity contribution in [3.63, 3.8) is 0 Å². The zero-order valence-electron chi connectivity index (χ0n) is 18.4. The molecule has 0 amide bonds. The molecule has 1 fully saturated rings. The Morgan fingerprint density at radius 1 is 1.16 bits per heavy atom. The Balaban J connectivity index is 1.38. The zero-order valence-corrected chi connectivity index (χ0v) is 19.2. The molecule has 0 atom stereocenters. The van der Waals surface area contributed by atoms with Gasteiger partial charge in [-0.2, -0.15) is 0 Å². The van der Waals surface area contributed by atoms with Crippen LogP contribution in [0.2, 0.25) is 0 Å². The van der Waals surface area contributed by atoms with E-state index in [0.29, 0.717) is 17.7 Å². The highest BCUT2D eigenvalue weighted by Gasteiger charge is 2.23. The van der Waals surface area contributed by atoms with Gasteiger partial charge in [0.05, 0.1) is 23.5 Å². The smallest absolute Gasteiger partial charge is 0.144 e. The number of halogens is 1. The molecule has 0 unspecified atom stereocenters. The molecule has 0 saturated carbocycles. The lowest BCUT2D eigenvalue weighted by molar-refractivity contribution is 0.414. The van der Waals surface area contributed by atoms with Gasteiger partial charge in [-0.3, -0.25) is 4.99 Å². The molecule has 5 rings (SSSR count). The minimum absolute atomic E-state index is 0.480. The lowest BCUT2D eigenvalue weighted by Crippen LogP contribution is -2.41. The van der Waals surface area contributed by atoms with E-state index in [2.05, 4.69) is 45.5 Å². The normalized spacial score (nSPS) is 17.5. The average Bonchev–Trinajstić information content (AvgIpc) is 3.27. The van der Waals surface area contributed by atoms with Crippen molar-refractivity contribution >= 4 is 39.6 Å². The second kappa shape index (κ2) is 8.88. The lowest BCUT2D eigenvalue weighted by Gasteiger charge is -2.34. The molecular weight excluding hydrogens is 422 g/mol. The number of ether oxygens (including phenoxy) is 1. The van der Waals surface area contributed by atoms with Crippen LogP contribution < -0.4 is 19.9 Å². The van der Waals surface area contributed by atoms with Crippen LogP contribution in [0.1, 0.15) is 18.4 Å². The highest BCUT2D eigenvalue weighted by Crippen LogP contribution is 2.36. The van der Waals surface area contributed by atoms with Gasteiger partial charge < -0.3 is 24.8 Å². The molecule has 1 saturated heterocycles. The minimum Gasteiger partial charge on any atom is -0.494 e. The van der Waals surface area contributed by atoms with Crippen LogP contribution in [0.5, 0.6) is 5.75 Å². The molecule has 0 aliphatic carbocycles. The van der Waals surface area contributed by atoms with Gasteiger partial charge in [0.1, 0.15) is 12.4 Å². The molecule has 2 aromatic carbocycles. The van der Waals surface area contributed by atoms with E-state index in [0.717, 1.165) is 59.5 Å². The summed E-state index contributed by atoms with van der Waals surface area (Å²) in [6.45, 7) is 2.57. The molecule has 2 aliphatic rings. The van der Waals surface area contributed by atoms with E-state index in [1.165, 1.54) is 5.69 Å². The van der Waals surface area contributed by atoms with Crippen LogP contribution >= 0.6 is 11.6 Å². The van der Waals surface area contributed by atoms with Crippen LogP contribution in [0.25, 0.3) is 10.9 Å². The average molecular weight is 450 g/mol. The Morgan fingerprint density at radius 2 is 1.97 bits per heavy atom. The molecule has 3 heterocycles. The number of benzene rings is 2. The fourth-order valence-electron chi connectivity index (χ4n) is 4.61. The SMILES string of the molecule is CNC1CCN(c2ccc(N3C=C(Cl)C(c4c[nH]c5ccccc45)=NC3)c(OC)c2)CC1. The fourth-order valence-corrected chi connectivity index (χ4v) is 4.89. The summed E-state index contributed by atoms with van der Waals surface area (Å²) in [5, 5.41) is 5.12. The summed E-state index contributed by atoms with van der Waals surface area (Å²) < 4.78 is 5.76. The molecule has 1 aromatic heterocycles. The Kier molecular flexibility index (Phi) is 5.81. The Bertz CT molecular complexity index is 1180. The van der Waals surface area contributed by atoms with Gasteiger partial charge >= 0.3 is 0 Å². The molecule has 6 nitrogen and oxygen atoms in total. The van der Waals surface area contributed by atoms with Crippen LogP contribution in [0.4, 0.5) is 11.4 Å². The van der Waals surface area contributed by atoms with Crippen LogP contribution in [0, 0.1) is 0 Å². The molecule has 166 valence electrons. The van der Waals surface area contributed by atoms with Gasteiger partial charge in [-0.25, -0.2) is 0 Å². The second-order valence-electron chi connectivity index (χ2n) is 8.25. The summed E-state index contributed by atoms with van der Waals surface area (Å²) >= 11 is 6.71. The molecule has 0 bridgehead atoms. The maximum atomic E-state index is 6.71. The standard InChI is InChI=1S/C25H28ClN5O/c1-27-17-9-11-30(12-10-17)18-7-8-23(24(13-18)32-2)31-15-21(26)25(29-16-31)20-14-28-22-6-4-3-5-19(20)22/h3-8,13-15,17,27-28H,9-12,16H2,1-2H3. The maximum Gasteiger partial charge on any atom is 0.144 e.